The van der Waals surface area contributed by atoms with E-state index >= 15 is 0 Å². The van der Waals surface area contributed by atoms with Crippen LogP contribution >= 0.6 is 0 Å². The summed E-state index contributed by atoms with van der Waals surface area (Å²) in [6, 6.07) is 6.86. The maximum absolute atomic E-state index is 14.4. The first-order chi connectivity index (χ1) is 16.2. The van der Waals surface area contributed by atoms with Crippen molar-refractivity contribution in [3.8, 4) is 22.9 Å². The summed E-state index contributed by atoms with van der Waals surface area (Å²) < 4.78 is 77.0. The summed E-state index contributed by atoms with van der Waals surface area (Å²) in [5.41, 5.74) is 1.52. The Labute approximate surface area is 190 Å². The van der Waals surface area contributed by atoms with E-state index in [0.717, 1.165) is 18.2 Å². The van der Waals surface area contributed by atoms with E-state index in [4.69, 9.17) is 4.74 Å². The zero-order chi connectivity index (χ0) is 24.5. The summed E-state index contributed by atoms with van der Waals surface area (Å²) in [6.45, 7) is 1.44. The zero-order valence-electron chi connectivity index (χ0n) is 17.7. The van der Waals surface area contributed by atoms with Crippen LogP contribution in [0.25, 0.3) is 22.0 Å². The zero-order valence-corrected chi connectivity index (χ0v) is 17.7. The Bertz CT molecular complexity index is 1320. The summed E-state index contributed by atoms with van der Waals surface area (Å²) in [4.78, 5) is 8.18. The van der Waals surface area contributed by atoms with Crippen LogP contribution in [0.4, 0.5) is 22.0 Å². The van der Waals surface area contributed by atoms with E-state index in [0.29, 0.717) is 28.6 Å². The lowest BCUT2D eigenvalue weighted by atomic mass is 10.0. The number of ether oxygens (including phenoxy) is 2. The Hall–Kier alpha value is -3.73. The molecule has 178 valence electrons. The van der Waals surface area contributed by atoms with Crippen molar-refractivity contribution in [3.05, 3.63) is 71.7 Å². The van der Waals surface area contributed by atoms with Crippen LogP contribution in [0.5, 0.6) is 11.8 Å². The van der Waals surface area contributed by atoms with Gasteiger partial charge < -0.3 is 19.1 Å². The van der Waals surface area contributed by atoms with E-state index < -0.39 is 30.4 Å². The van der Waals surface area contributed by atoms with Crippen molar-refractivity contribution in [2.75, 3.05) is 6.61 Å². The average molecular weight is 479 g/mol. The van der Waals surface area contributed by atoms with E-state index in [9.17, 15) is 27.1 Å². The lowest BCUT2D eigenvalue weighted by molar-refractivity contribution is -0.274. The summed E-state index contributed by atoms with van der Waals surface area (Å²) in [6.07, 6.45) is -2.09. The monoisotopic (exact) mass is 479 g/mol. The lowest BCUT2D eigenvalue weighted by Gasteiger charge is -2.12. The van der Waals surface area contributed by atoms with Crippen molar-refractivity contribution in [3.63, 3.8) is 0 Å². The van der Waals surface area contributed by atoms with Crippen molar-refractivity contribution in [2.45, 2.75) is 26.4 Å². The van der Waals surface area contributed by atoms with Crippen molar-refractivity contribution in [1.29, 1.82) is 0 Å². The number of alkyl halides is 3. The second-order valence-corrected chi connectivity index (χ2v) is 7.22. The first kappa shape index (κ1) is 23.4. The Balaban J connectivity index is 1.92. The number of aliphatic hydroxyl groups excluding tert-OH is 1. The molecule has 4 rings (SSSR count). The Morgan fingerprint density at radius 3 is 2.38 bits per heavy atom. The van der Waals surface area contributed by atoms with Gasteiger partial charge in [0.05, 0.1) is 25.5 Å². The molecule has 0 amide bonds. The predicted octanol–water partition coefficient (Wildman–Crippen LogP) is 5.21. The number of rotatable bonds is 7. The molecular weight excluding hydrogens is 461 g/mol. The molecular formula is C23H18F5N3O3. The number of benzene rings is 2. The molecule has 0 unspecified atom stereocenters. The molecule has 0 spiro atoms. The maximum Gasteiger partial charge on any atom is 0.573 e. The van der Waals surface area contributed by atoms with E-state index in [1.165, 1.54) is 35.2 Å². The summed E-state index contributed by atoms with van der Waals surface area (Å²) >= 11 is 0. The SMILES string of the molecule is CCOc1ncc(-c2c(CO)n(Cc3ccc(F)cc3F)c3ccc(OC(F)(F)F)cc23)cn1. The molecule has 34 heavy (non-hydrogen) atoms. The minimum absolute atomic E-state index is 0.106. The van der Waals surface area contributed by atoms with Gasteiger partial charge in [-0.3, -0.25) is 0 Å². The highest BCUT2D eigenvalue weighted by atomic mass is 19.4. The normalized spacial score (nSPS) is 11.7. The second-order valence-electron chi connectivity index (χ2n) is 7.22. The Kier molecular flexibility index (Phi) is 6.38. The van der Waals surface area contributed by atoms with Crippen molar-refractivity contribution < 1.29 is 36.5 Å². The van der Waals surface area contributed by atoms with Gasteiger partial charge in [-0.15, -0.1) is 13.2 Å². The van der Waals surface area contributed by atoms with Crippen LogP contribution in [-0.4, -0.2) is 32.6 Å². The molecule has 0 aliphatic heterocycles. The number of hydrogen-bond acceptors (Lipinski definition) is 5. The van der Waals surface area contributed by atoms with Gasteiger partial charge in [0.25, 0.3) is 0 Å². The van der Waals surface area contributed by atoms with Gasteiger partial charge >= 0.3 is 12.4 Å². The molecule has 11 heteroatoms. The van der Waals surface area contributed by atoms with E-state index in [1.54, 1.807) is 6.92 Å². The fourth-order valence-corrected chi connectivity index (χ4v) is 3.72. The highest BCUT2D eigenvalue weighted by molar-refractivity contribution is 5.98. The fraction of sp³-hybridized carbons (Fsp3) is 0.217. The molecule has 0 fully saturated rings. The first-order valence-corrected chi connectivity index (χ1v) is 10.1. The fourth-order valence-electron chi connectivity index (χ4n) is 3.72. The Morgan fingerprint density at radius 1 is 1.03 bits per heavy atom. The quantitative estimate of drug-likeness (QED) is 0.369. The van der Waals surface area contributed by atoms with Gasteiger partial charge in [-0.2, -0.15) is 0 Å². The third kappa shape index (κ3) is 4.79. The van der Waals surface area contributed by atoms with Gasteiger partial charge in [-0.05, 0) is 31.2 Å². The molecule has 0 bridgehead atoms. The highest BCUT2D eigenvalue weighted by Gasteiger charge is 2.31. The van der Waals surface area contributed by atoms with Crippen molar-refractivity contribution in [2.24, 2.45) is 0 Å². The number of fused-ring (bicyclic) bond motifs is 1. The number of hydrogen-bond donors (Lipinski definition) is 1. The molecule has 1 N–H and O–H groups in total. The number of aromatic nitrogens is 3. The van der Waals surface area contributed by atoms with Crippen LogP contribution in [0.2, 0.25) is 0 Å². The van der Waals surface area contributed by atoms with Gasteiger partial charge in [0.2, 0.25) is 0 Å². The maximum atomic E-state index is 14.4. The van der Waals surface area contributed by atoms with E-state index in [2.05, 4.69) is 14.7 Å². The van der Waals surface area contributed by atoms with Crippen LogP contribution in [0.1, 0.15) is 18.2 Å². The molecule has 4 aromatic rings. The highest BCUT2D eigenvalue weighted by Crippen LogP contribution is 2.38. The molecule has 0 saturated carbocycles. The summed E-state index contributed by atoms with van der Waals surface area (Å²) in [7, 11) is 0. The minimum atomic E-state index is -4.91. The standard InChI is InChI=1S/C23H18F5N3O3/c1-2-33-22-29-9-14(10-30-22)21-17-8-16(34-23(26,27)28)5-6-19(17)31(20(21)12-32)11-13-3-4-15(24)7-18(13)25/h3-10,32H,2,11-12H2,1H3. The first-order valence-electron chi connectivity index (χ1n) is 10.1. The van der Waals surface area contributed by atoms with Crippen molar-refractivity contribution >= 4 is 10.9 Å². The number of halogens is 5. The van der Waals surface area contributed by atoms with E-state index in [1.807, 2.05) is 0 Å². The minimum Gasteiger partial charge on any atom is -0.464 e. The second kappa shape index (κ2) is 9.26. The average Bonchev–Trinajstić information content (AvgIpc) is 3.08. The van der Waals surface area contributed by atoms with Crippen LogP contribution in [0, 0.1) is 11.6 Å². The molecule has 0 saturated heterocycles. The number of nitrogens with zero attached hydrogens (tertiary/aromatic N) is 3. The third-order valence-electron chi connectivity index (χ3n) is 5.06. The predicted molar refractivity (Wildman–Crippen MR) is 112 cm³/mol. The lowest BCUT2D eigenvalue weighted by Crippen LogP contribution is -2.17. The van der Waals surface area contributed by atoms with E-state index in [-0.39, 0.29) is 23.8 Å². The van der Waals surface area contributed by atoms with Crippen LogP contribution in [-0.2, 0) is 13.2 Å². The number of aliphatic hydroxyl groups is 1. The third-order valence-corrected chi connectivity index (χ3v) is 5.06. The topological polar surface area (TPSA) is 69.4 Å². The van der Waals surface area contributed by atoms with Crippen LogP contribution < -0.4 is 9.47 Å². The van der Waals surface area contributed by atoms with Gasteiger partial charge in [0.1, 0.15) is 17.4 Å². The molecule has 6 nitrogen and oxygen atoms in total. The van der Waals surface area contributed by atoms with Gasteiger partial charge in [0, 0.05) is 46.1 Å². The van der Waals surface area contributed by atoms with Gasteiger partial charge in [-0.25, -0.2) is 18.7 Å². The molecule has 2 aromatic heterocycles. The summed E-state index contributed by atoms with van der Waals surface area (Å²) in [5.74, 6) is -2.02. The molecule has 0 aliphatic rings. The van der Waals surface area contributed by atoms with Crippen LogP contribution in [0.3, 0.4) is 0 Å². The molecule has 2 heterocycles. The molecule has 0 aliphatic carbocycles. The molecule has 0 atom stereocenters. The van der Waals surface area contributed by atoms with Crippen LogP contribution in [0.15, 0.2) is 48.8 Å². The molecule has 0 radical (unpaired) electrons. The van der Waals surface area contributed by atoms with Crippen molar-refractivity contribution in [1.82, 2.24) is 14.5 Å². The Morgan fingerprint density at radius 2 is 1.76 bits per heavy atom. The molecule has 2 aromatic carbocycles. The smallest absolute Gasteiger partial charge is 0.464 e. The summed E-state index contributed by atoms with van der Waals surface area (Å²) in [5, 5.41) is 10.5. The van der Waals surface area contributed by atoms with Gasteiger partial charge in [0.15, 0.2) is 0 Å². The largest absolute Gasteiger partial charge is 0.573 e. The van der Waals surface area contributed by atoms with Gasteiger partial charge in [-0.1, -0.05) is 6.07 Å².